The molecule has 0 saturated heterocycles. The summed E-state index contributed by atoms with van der Waals surface area (Å²) in [5.74, 6) is 0.453. The van der Waals surface area contributed by atoms with Gasteiger partial charge in [0.2, 0.25) is 5.91 Å². The second-order valence-electron chi connectivity index (χ2n) is 4.76. The largest absolute Gasteiger partial charge is 0.493 e. The van der Waals surface area contributed by atoms with Crippen LogP contribution in [0.5, 0.6) is 5.75 Å². The van der Waals surface area contributed by atoms with Gasteiger partial charge in [-0.1, -0.05) is 19.1 Å². The average Bonchev–Trinajstić information content (AvgIpc) is 2.48. The van der Waals surface area contributed by atoms with E-state index in [-0.39, 0.29) is 24.1 Å². The quantitative estimate of drug-likeness (QED) is 0.917. The van der Waals surface area contributed by atoms with E-state index in [4.69, 9.17) is 4.74 Å². The summed E-state index contributed by atoms with van der Waals surface area (Å²) in [4.78, 5) is 16.1. The molecule has 5 heteroatoms. The van der Waals surface area contributed by atoms with E-state index >= 15 is 0 Å². The topological polar surface area (TPSA) is 51.2 Å². The molecule has 2 rings (SSSR count). The highest BCUT2D eigenvalue weighted by Gasteiger charge is 2.13. The Labute approximate surface area is 123 Å². The molecule has 1 heterocycles. The summed E-state index contributed by atoms with van der Waals surface area (Å²) in [5.41, 5.74) is 0.916. The molecule has 0 radical (unpaired) electrons. The Morgan fingerprint density at radius 2 is 2.05 bits per heavy atom. The predicted molar refractivity (Wildman–Crippen MR) is 78.9 cm³/mol. The summed E-state index contributed by atoms with van der Waals surface area (Å²) < 4.78 is 18.0. The lowest BCUT2D eigenvalue weighted by atomic mass is 9.97. The molecule has 0 aliphatic rings. The van der Waals surface area contributed by atoms with Gasteiger partial charge in [0.15, 0.2) is 11.6 Å². The third-order valence-corrected chi connectivity index (χ3v) is 3.18. The van der Waals surface area contributed by atoms with Crippen molar-refractivity contribution in [2.45, 2.75) is 19.3 Å². The number of benzene rings is 1. The van der Waals surface area contributed by atoms with E-state index in [1.165, 1.54) is 19.2 Å². The van der Waals surface area contributed by atoms with Crippen molar-refractivity contribution in [1.29, 1.82) is 0 Å². The maximum absolute atomic E-state index is 12.9. The molecule has 0 aliphatic heterocycles. The highest BCUT2D eigenvalue weighted by molar-refractivity contribution is 5.91. The van der Waals surface area contributed by atoms with Crippen LogP contribution in [0.2, 0.25) is 0 Å². The Balaban J connectivity index is 1.99. The number of aromatic nitrogens is 1. The van der Waals surface area contributed by atoms with E-state index in [1.807, 2.05) is 6.92 Å². The fraction of sp³-hybridized carbons (Fsp3) is 0.250. The third-order valence-electron chi connectivity index (χ3n) is 3.18. The maximum atomic E-state index is 12.9. The van der Waals surface area contributed by atoms with E-state index in [9.17, 15) is 9.18 Å². The smallest absolute Gasteiger partial charge is 0.226 e. The first-order chi connectivity index (χ1) is 10.1. The van der Waals surface area contributed by atoms with Crippen LogP contribution in [0.4, 0.5) is 10.2 Å². The number of pyridine rings is 1. The molecule has 1 aromatic heterocycles. The molecule has 1 unspecified atom stereocenters. The van der Waals surface area contributed by atoms with Crippen molar-refractivity contribution in [3.8, 4) is 5.75 Å². The SMILES string of the molecule is COc1cccnc1NC(=O)CC(C)c1ccc(F)cc1. The standard InChI is InChI=1S/C16H17FN2O2/c1-11(12-5-7-13(17)8-6-12)10-15(20)19-16-14(21-2)4-3-9-18-16/h3-9,11H,10H2,1-2H3,(H,18,19,20). The number of ether oxygens (including phenoxy) is 1. The minimum Gasteiger partial charge on any atom is -0.493 e. The maximum Gasteiger partial charge on any atom is 0.226 e. The first-order valence-electron chi connectivity index (χ1n) is 6.64. The summed E-state index contributed by atoms with van der Waals surface area (Å²) in [5, 5.41) is 2.72. The van der Waals surface area contributed by atoms with Gasteiger partial charge in [-0.2, -0.15) is 0 Å². The molecule has 0 spiro atoms. The monoisotopic (exact) mass is 288 g/mol. The number of hydrogen-bond donors (Lipinski definition) is 1. The number of halogens is 1. The van der Waals surface area contributed by atoms with Crippen LogP contribution in [0.15, 0.2) is 42.6 Å². The van der Waals surface area contributed by atoms with E-state index in [2.05, 4.69) is 10.3 Å². The van der Waals surface area contributed by atoms with Crippen molar-refractivity contribution in [2.24, 2.45) is 0 Å². The summed E-state index contributed by atoms with van der Waals surface area (Å²) >= 11 is 0. The number of methoxy groups -OCH3 is 1. The lowest BCUT2D eigenvalue weighted by Gasteiger charge is -2.13. The van der Waals surface area contributed by atoms with Crippen LogP contribution in [0.25, 0.3) is 0 Å². The van der Waals surface area contributed by atoms with Crippen LogP contribution in [-0.4, -0.2) is 18.0 Å². The van der Waals surface area contributed by atoms with Gasteiger partial charge in [0.05, 0.1) is 7.11 Å². The van der Waals surface area contributed by atoms with Gasteiger partial charge in [-0.15, -0.1) is 0 Å². The second kappa shape index (κ2) is 6.83. The van der Waals surface area contributed by atoms with Crippen LogP contribution in [-0.2, 0) is 4.79 Å². The van der Waals surface area contributed by atoms with Gasteiger partial charge in [-0.25, -0.2) is 9.37 Å². The molecule has 1 atom stereocenters. The number of amides is 1. The van der Waals surface area contributed by atoms with Gasteiger partial charge in [-0.05, 0) is 35.7 Å². The van der Waals surface area contributed by atoms with Crippen molar-refractivity contribution >= 4 is 11.7 Å². The highest BCUT2D eigenvalue weighted by atomic mass is 19.1. The molecular weight excluding hydrogens is 271 g/mol. The molecule has 21 heavy (non-hydrogen) atoms. The second-order valence-corrected chi connectivity index (χ2v) is 4.76. The van der Waals surface area contributed by atoms with Crippen LogP contribution in [0.1, 0.15) is 24.8 Å². The van der Waals surface area contributed by atoms with Gasteiger partial charge in [0.1, 0.15) is 5.82 Å². The fourth-order valence-corrected chi connectivity index (χ4v) is 2.02. The van der Waals surface area contributed by atoms with Gasteiger partial charge >= 0.3 is 0 Å². The fourth-order valence-electron chi connectivity index (χ4n) is 2.02. The number of carbonyl (C=O) groups excluding carboxylic acids is 1. The van der Waals surface area contributed by atoms with Gasteiger partial charge in [0.25, 0.3) is 0 Å². The first kappa shape index (κ1) is 15.0. The summed E-state index contributed by atoms with van der Waals surface area (Å²) in [6.07, 6.45) is 1.87. The molecule has 2 aromatic rings. The molecule has 1 aromatic carbocycles. The van der Waals surface area contributed by atoms with E-state index < -0.39 is 0 Å². The first-order valence-corrected chi connectivity index (χ1v) is 6.64. The van der Waals surface area contributed by atoms with Crippen molar-refractivity contribution in [2.75, 3.05) is 12.4 Å². The van der Waals surface area contributed by atoms with Gasteiger partial charge < -0.3 is 10.1 Å². The third kappa shape index (κ3) is 4.02. The van der Waals surface area contributed by atoms with E-state index in [1.54, 1.807) is 30.5 Å². The molecular formula is C16H17FN2O2. The average molecular weight is 288 g/mol. The van der Waals surface area contributed by atoms with Crippen molar-refractivity contribution in [3.05, 3.63) is 54.0 Å². The molecule has 4 nitrogen and oxygen atoms in total. The van der Waals surface area contributed by atoms with E-state index in [0.29, 0.717) is 11.6 Å². The van der Waals surface area contributed by atoms with Crippen molar-refractivity contribution in [3.63, 3.8) is 0 Å². The van der Waals surface area contributed by atoms with Crippen LogP contribution < -0.4 is 10.1 Å². The Bertz CT molecular complexity index is 614. The number of nitrogens with one attached hydrogen (secondary N) is 1. The minimum atomic E-state index is -0.284. The van der Waals surface area contributed by atoms with Crippen molar-refractivity contribution in [1.82, 2.24) is 4.98 Å². The molecule has 110 valence electrons. The zero-order valence-electron chi connectivity index (χ0n) is 12.0. The summed E-state index contributed by atoms with van der Waals surface area (Å²) in [7, 11) is 1.52. The zero-order chi connectivity index (χ0) is 15.2. The Morgan fingerprint density at radius 1 is 1.33 bits per heavy atom. The van der Waals surface area contributed by atoms with Crippen LogP contribution >= 0.6 is 0 Å². The lowest BCUT2D eigenvalue weighted by Crippen LogP contribution is -2.15. The molecule has 0 fully saturated rings. The lowest BCUT2D eigenvalue weighted by molar-refractivity contribution is -0.116. The molecule has 1 N–H and O–H groups in total. The highest BCUT2D eigenvalue weighted by Crippen LogP contribution is 2.23. The number of carbonyl (C=O) groups is 1. The number of rotatable bonds is 5. The molecule has 0 saturated carbocycles. The molecule has 0 aliphatic carbocycles. The molecule has 0 bridgehead atoms. The van der Waals surface area contributed by atoms with E-state index in [0.717, 1.165) is 5.56 Å². The number of hydrogen-bond acceptors (Lipinski definition) is 3. The Morgan fingerprint density at radius 3 is 2.71 bits per heavy atom. The van der Waals surface area contributed by atoms with Crippen molar-refractivity contribution < 1.29 is 13.9 Å². The Kier molecular flexibility index (Phi) is 4.87. The number of anilines is 1. The van der Waals surface area contributed by atoms with Crippen LogP contribution in [0.3, 0.4) is 0 Å². The van der Waals surface area contributed by atoms with Gasteiger partial charge in [0, 0.05) is 12.6 Å². The van der Waals surface area contributed by atoms with Crippen LogP contribution in [0, 0.1) is 5.82 Å². The zero-order valence-corrected chi connectivity index (χ0v) is 12.0. The Hall–Kier alpha value is -2.43. The molecule has 1 amide bonds. The minimum absolute atomic E-state index is 0.0136. The number of nitrogens with zero attached hydrogens (tertiary/aromatic N) is 1. The van der Waals surface area contributed by atoms with Gasteiger partial charge in [-0.3, -0.25) is 4.79 Å². The summed E-state index contributed by atoms with van der Waals surface area (Å²) in [6.45, 7) is 1.92. The summed E-state index contributed by atoms with van der Waals surface area (Å²) in [6, 6.07) is 9.63. The normalized spacial score (nSPS) is 11.8. The predicted octanol–water partition coefficient (Wildman–Crippen LogP) is 3.36.